The number of piperidine rings is 1. The molecule has 2 N–H and O–H groups in total. The molecule has 2 saturated heterocycles. The van der Waals surface area contributed by atoms with Crippen LogP contribution in [0.4, 0.5) is 5.69 Å². The summed E-state index contributed by atoms with van der Waals surface area (Å²) in [5.74, 6) is -0.0515. The van der Waals surface area contributed by atoms with Crippen LogP contribution in [0.3, 0.4) is 0 Å². The molecule has 3 rings (SSSR count). The minimum absolute atomic E-state index is 0. The summed E-state index contributed by atoms with van der Waals surface area (Å²) in [5.41, 5.74) is 1.14. The summed E-state index contributed by atoms with van der Waals surface area (Å²) in [6.07, 6.45) is 5.86. The second-order valence-corrected chi connectivity index (χ2v) is 7.49. The van der Waals surface area contributed by atoms with Gasteiger partial charge in [-0.15, -0.1) is 12.4 Å². The molecule has 7 heteroatoms. The first-order valence-electron chi connectivity index (χ1n) is 9.18. The van der Waals surface area contributed by atoms with Gasteiger partial charge in [-0.3, -0.25) is 9.59 Å². The molecule has 26 heavy (non-hydrogen) atoms. The molecule has 0 spiro atoms. The predicted molar refractivity (Wildman–Crippen MR) is 107 cm³/mol. The maximum Gasteiger partial charge on any atom is 0.255 e. The molecule has 1 aromatic rings. The number of likely N-dealkylation sites (tertiary alicyclic amines) is 1. The average molecular weight is 400 g/mol. The van der Waals surface area contributed by atoms with E-state index in [0.717, 1.165) is 38.8 Å². The van der Waals surface area contributed by atoms with Crippen LogP contribution in [0.1, 0.15) is 55.8 Å². The molecule has 2 aliphatic heterocycles. The zero-order valence-corrected chi connectivity index (χ0v) is 16.7. The highest BCUT2D eigenvalue weighted by Crippen LogP contribution is 2.26. The van der Waals surface area contributed by atoms with Crippen LogP contribution in [0.15, 0.2) is 18.2 Å². The van der Waals surface area contributed by atoms with Gasteiger partial charge in [0.15, 0.2) is 0 Å². The molecule has 2 atom stereocenters. The number of halogens is 2. The number of hydrogen-bond acceptors (Lipinski definition) is 3. The van der Waals surface area contributed by atoms with E-state index in [1.165, 1.54) is 6.42 Å². The van der Waals surface area contributed by atoms with Gasteiger partial charge in [-0.05, 0) is 63.8 Å². The van der Waals surface area contributed by atoms with Gasteiger partial charge >= 0.3 is 0 Å². The lowest BCUT2D eigenvalue weighted by molar-refractivity contribution is -0.116. The number of carbonyl (C=O) groups excluding carboxylic acids is 2. The minimum atomic E-state index is -0.0285. The maximum absolute atomic E-state index is 12.7. The highest BCUT2D eigenvalue weighted by atomic mass is 35.5. The van der Waals surface area contributed by atoms with Crippen molar-refractivity contribution >= 4 is 41.5 Å². The van der Waals surface area contributed by atoms with Crippen molar-refractivity contribution in [2.75, 3.05) is 18.4 Å². The molecule has 0 saturated carbocycles. The Morgan fingerprint density at radius 3 is 2.73 bits per heavy atom. The van der Waals surface area contributed by atoms with E-state index >= 15 is 0 Å². The second-order valence-electron chi connectivity index (χ2n) is 7.08. The zero-order chi connectivity index (χ0) is 17.8. The van der Waals surface area contributed by atoms with Gasteiger partial charge in [0.05, 0.1) is 10.6 Å². The van der Waals surface area contributed by atoms with E-state index in [1.807, 2.05) is 4.90 Å². The van der Waals surface area contributed by atoms with Crippen LogP contribution in [0.2, 0.25) is 5.02 Å². The Kier molecular flexibility index (Phi) is 7.74. The van der Waals surface area contributed by atoms with Gasteiger partial charge in [0.25, 0.3) is 5.91 Å². The van der Waals surface area contributed by atoms with Crippen molar-refractivity contribution in [2.24, 2.45) is 0 Å². The molecule has 2 amide bonds. The van der Waals surface area contributed by atoms with E-state index in [9.17, 15) is 9.59 Å². The van der Waals surface area contributed by atoms with E-state index < -0.39 is 0 Å². The van der Waals surface area contributed by atoms with Crippen LogP contribution in [0.5, 0.6) is 0 Å². The van der Waals surface area contributed by atoms with Crippen molar-refractivity contribution in [1.29, 1.82) is 0 Å². The van der Waals surface area contributed by atoms with Crippen LogP contribution >= 0.6 is 24.0 Å². The van der Waals surface area contributed by atoms with Gasteiger partial charge in [0.1, 0.15) is 0 Å². The maximum atomic E-state index is 12.7. The third-order valence-corrected chi connectivity index (χ3v) is 5.45. The van der Waals surface area contributed by atoms with E-state index in [-0.39, 0.29) is 36.3 Å². The van der Waals surface area contributed by atoms with Crippen LogP contribution in [-0.4, -0.2) is 41.9 Å². The largest absolute Gasteiger partial charge is 0.336 e. The predicted octanol–water partition coefficient (Wildman–Crippen LogP) is 3.86. The fraction of sp³-hybridized carbons (Fsp3) is 0.579. The van der Waals surface area contributed by atoms with Crippen LogP contribution in [0.25, 0.3) is 0 Å². The van der Waals surface area contributed by atoms with Crippen molar-refractivity contribution in [1.82, 2.24) is 10.2 Å². The first-order chi connectivity index (χ1) is 12.0. The summed E-state index contributed by atoms with van der Waals surface area (Å²) in [7, 11) is 0. The van der Waals surface area contributed by atoms with Gasteiger partial charge < -0.3 is 15.5 Å². The Hall–Kier alpha value is -1.30. The molecule has 2 heterocycles. The summed E-state index contributed by atoms with van der Waals surface area (Å²) < 4.78 is 0. The normalized spacial score (nSPS) is 22.6. The van der Waals surface area contributed by atoms with Crippen molar-refractivity contribution in [3.63, 3.8) is 0 Å². The number of hydrogen-bond donors (Lipinski definition) is 2. The highest BCUT2D eigenvalue weighted by Gasteiger charge is 2.26. The smallest absolute Gasteiger partial charge is 0.255 e. The van der Waals surface area contributed by atoms with E-state index in [2.05, 4.69) is 17.6 Å². The molecule has 0 aromatic heterocycles. The average Bonchev–Trinajstić information content (AvgIpc) is 3.07. The molecule has 2 aliphatic rings. The van der Waals surface area contributed by atoms with Crippen molar-refractivity contribution in [3.05, 3.63) is 28.8 Å². The molecule has 0 radical (unpaired) electrons. The molecular weight excluding hydrogens is 373 g/mol. The summed E-state index contributed by atoms with van der Waals surface area (Å²) >= 11 is 6.33. The third-order valence-electron chi connectivity index (χ3n) is 5.14. The molecule has 2 unspecified atom stereocenters. The van der Waals surface area contributed by atoms with Crippen LogP contribution in [-0.2, 0) is 4.79 Å². The van der Waals surface area contributed by atoms with Crippen molar-refractivity contribution in [3.8, 4) is 0 Å². The van der Waals surface area contributed by atoms with Gasteiger partial charge in [-0.25, -0.2) is 0 Å². The Labute approximate surface area is 166 Å². The molecule has 1 aromatic carbocycles. The fourth-order valence-electron chi connectivity index (χ4n) is 3.69. The Bertz CT molecular complexity index is 648. The third kappa shape index (κ3) is 5.12. The second kappa shape index (κ2) is 9.58. The number of amides is 2. The highest BCUT2D eigenvalue weighted by molar-refractivity contribution is 6.34. The first kappa shape index (κ1) is 21.0. The number of rotatable bonds is 4. The molecular formula is C19H27Cl2N3O2. The van der Waals surface area contributed by atoms with E-state index in [4.69, 9.17) is 11.6 Å². The van der Waals surface area contributed by atoms with Crippen LogP contribution < -0.4 is 10.6 Å². The number of nitrogens with zero attached hydrogens (tertiary/aromatic N) is 1. The van der Waals surface area contributed by atoms with Gasteiger partial charge in [-0.1, -0.05) is 11.6 Å². The summed E-state index contributed by atoms with van der Waals surface area (Å²) in [5, 5.41) is 6.58. The Balaban J connectivity index is 0.00000243. The Morgan fingerprint density at radius 2 is 2.08 bits per heavy atom. The van der Waals surface area contributed by atoms with Crippen LogP contribution in [0, 0.1) is 0 Å². The van der Waals surface area contributed by atoms with Gasteiger partial charge in [0, 0.05) is 30.7 Å². The van der Waals surface area contributed by atoms with Gasteiger partial charge in [-0.2, -0.15) is 0 Å². The standard InChI is InChI=1S/C19H26ClN3O2.ClH/c1-13-5-2-3-10-23(13)19(25)16-8-7-15(11-17(16)20)22-18(24)12-14-6-4-9-21-14;/h7-8,11,13-14,21H,2-6,9-10,12H2,1H3,(H,22,24);1H. The summed E-state index contributed by atoms with van der Waals surface area (Å²) in [6.45, 7) is 3.84. The zero-order valence-electron chi connectivity index (χ0n) is 15.1. The minimum Gasteiger partial charge on any atom is -0.336 e. The molecule has 2 fully saturated rings. The summed E-state index contributed by atoms with van der Waals surface area (Å²) in [6, 6.07) is 5.65. The molecule has 0 bridgehead atoms. The topological polar surface area (TPSA) is 61.4 Å². The van der Waals surface area contributed by atoms with Gasteiger partial charge in [0.2, 0.25) is 5.91 Å². The number of nitrogens with one attached hydrogen (secondary N) is 2. The molecule has 144 valence electrons. The first-order valence-corrected chi connectivity index (χ1v) is 9.56. The lowest BCUT2D eigenvalue weighted by Crippen LogP contribution is -2.42. The number of carbonyl (C=O) groups is 2. The van der Waals surface area contributed by atoms with E-state index in [0.29, 0.717) is 22.7 Å². The summed E-state index contributed by atoms with van der Waals surface area (Å²) in [4.78, 5) is 26.8. The lowest BCUT2D eigenvalue weighted by atomic mass is 10.0. The molecule has 5 nitrogen and oxygen atoms in total. The van der Waals surface area contributed by atoms with Crippen molar-refractivity contribution in [2.45, 2.75) is 57.5 Å². The lowest BCUT2D eigenvalue weighted by Gasteiger charge is -2.33. The van der Waals surface area contributed by atoms with Crippen molar-refractivity contribution < 1.29 is 9.59 Å². The fourth-order valence-corrected chi connectivity index (χ4v) is 3.95. The molecule has 0 aliphatic carbocycles. The monoisotopic (exact) mass is 399 g/mol. The SMILES string of the molecule is CC1CCCCN1C(=O)c1ccc(NC(=O)CC2CCCN2)cc1Cl.Cl. The van der Waals surface area contributed by atoms with E-state index in [1.54, 1.807) is 18.2 Å². The quantitative estimate of drug-likeness (QED) is 0.807. The number of benzene rings is 1. The Morgan fingerprint density at radius 1 is 1.27 bits per heavy atom. The number of anilines is 1.